The molecule has 0 spiro atoms. The minimum absolute atomic E-state index is 0.0418. The first-order chi connectivity index (χ1) is 11.8. The van der Waals surface area contributed by atoms with Gasteiger partial charge in [-0.05, 0) is 37.6 Å². The Labute approximate surface area is 145 Å². The number of hydrogen-bond acceptors (Lipinski definition) is 5. The molecule has 0 unspecified atom stereocenters. The van der Waals surface area contributed by atoms with Crippen molar-refractivity contribution in [3.63, 3.8) is 0 Å². The molecule has 2 aromatic carbocycles. The Morgan fingerprint density at radius 1 is 1.04 bits per heavy atom. The van der Waals surface area contributed by atoms with E-state index in [1.807, 2.05) is 13.8 Å². The van der Waals surface area contributed by atoms with Gasteiger partial charge in [-0.15, -0.1) is 0 Å². The van der Waals surface area contributed by atoms with Gasteiger partial charge in [-0.1, -0.05) is 31.0 Å². The molecule has 1 N–H and O–H groups in total. The van der Waals surface area contributed by atoms with Crippen molar-refractivity contribution in [1.29, 1.82) is 0 Å². The van der Waals surface area contributed by atoms with Crippen LogP contribution in [0.4, 0.5) is 0 Å². The molecule has 3 aromatic rings. The van der Waals surface area contributed by atoms with Crippen molar-refractivity contribution in [2.24, 2.45) is 0 Å². The monoisotopic (exact) mass is 358 g/mol. The van der Waals surface area contributed by atoms with Crippen molar-refractivity contribution in [3.8, 4) is 5.75 Å². The Balaban J connectivity index is 2.21. The van der Waals surface area contributed by atoms with Crippen LogP contribution >= 0.6 is 0 Å². The van der Waals surface area contributed by atoms with Gasteiger partial charge in [-0.3, -0.25) is 0 Å². The maximum absolute atomic E-state index is 12.8. The van der Waals surface area contributed by atoms with Gasteiger partial charge in [-0.25, -0.2) is 13.2 Å². The van der Waals surface area contributed by atoms with Gasteiger partial charge in [0.1, 0.15) is 5.58 Å². The largest absolute Gasteiger partial charge is 0.502 e. The van der Waals surface area contributed by atoms with Crippen molar-refractivity contribution in [2.75, 3.05) is 0 Å². The Morgan fingerprint density at radius 2 is 1.68 bits per heavy atom. The average molecular weight is 358 g/mol. The summed E-state index contributed by atoms with van der Waals surface area (Å²) in [6, 6.07) is 10.9. The number of fused-ring (bicyclic) bond motifs is 1. The Kier molecular flexibility index (Phi) is 4.39. The molecule has 0 radical (unpaired) electrons. The smallest absolute Gasteiger partial charge is 0.379 e. The molecule has 1 aromatic heterocycles. The van der Waals surface area contributed by atoms with Gasteiger partial charge in [0.2, 0.25) is 15.6 Å². The molecule has 0 bridgehead atoms. The summed E-state index contributed by atoms with van der Waals surface area (Å²) in [4.78, 5) is 12.0. The molecular weight excluding hydrogens is 340 g/mol. The Morgan fingerprint density at radius 3 is 2.32 bits per heavy atom. The fraction of sp³-hybridized carbons (Fsp3) is 0.211. The van der Waals surface area contributed by atoms with E-state index in [-0.39, 0.29) is 15.4 Å². The Hall–Kier alpha value is -2.60. The first kappa shape index (κ1) is 17.2. The lowest BCUT2D eigenvalue weighted by Gasteiger charge is -2.09. The topological polar surface area (TPSA) is 84.6 Å². The van der Waals surface area contributed by atoms with E-state index < -0.39 is 21.2 Å². The van der Waals surface area contributed by atoms with Crippen LogP contribution < -0.4 is 5.63 Å². The van der Waals surface area contributed by atoms with Crippen LogP contribution in [0.3, 0.4) is 0 Å². The number of rotatable bonds is 4. The fourth-order valence-electron chi connectivity index (χ4n) is 2.76. The summed E-state index contributed by atoms with van der Waals surface area (Å²) >= 11 is 0. The molecule has 0 aliphatic heterocycles. The molecule has 0 aliphatic rings. The zero-order chi connectivity index (χ0) is 18.2. The normalized spacial score (nSPS) is 11.8. The minimum atomic E-state index is -3.72. The first-order valence-electron chi connectivity index (χ1n) is 7.95. The average Bonchev–Trinajstić information content (AvgIpc) is 2.59. The van der Waals surface area contributed by atoms with E-state index >= 15 is 0 Å². The second-order valence-corrected chi connectivity index (χ2v) is 7.89. The molecule has 3 rings (SSSR count). The van der Waals surface area contributed by atoms with E-state index in [0.29, 0.717) is 17.4 Å². The number of aromatic hydroxyl groups is 1. The summed E-state index contributed by atoms with van der Waals surface area (Å²) in [6.45, 7) is 3.80. The van der Waals surface area contributed by atoms with Gasteiger partial charge in [-0.2, -0.15) is 0 Å². The first-order valence-corrected chi connectivity index (χ1v) is 9.43. The molecule has 6 heteroatoms. The second kappa shape index (κ2) is 6.37. The highest BCUT2D eigenvalue weighted by molar-refractivity contribution is 7.91. The van der Waals surface area contributed by atoms with Crippen molar-refractivity contribution in [1.82, 2.24) is 0 Å². The molecule has 0 atom stereocenters. The summed E-state index contributed by atoms with van der Waals surface area (Å²) in [7, 11) is -3.72. The maximum atomic E-state index is 12.8. The third kappa shape index (κ3) is 3.05. The zero-order valence-electron chi connectivity index (χ0n) is 13.9. The van der Waals surface area contributed by atoms with Crippen molar-refractivity contribution >= 4 is 20.8 Å². The molecule has 0 saturated heterocycles. The molecule has 0 fully saturated rings. The fourth-order valence-corrected chi connectivity index (χ4v) is 4.04. The molecule has 0 amide bonds. The molecular formula is C19H18O5S. The summed E-state index contributed by atoms with van der Waals surface area (Å²) in [5.41, 5.74) is 0.733. The van der Waals surface area contributed by atoms with Crippen LogP contribution in [0.5, 0.6) is 5.75 Å². The van der Waals surface area contributed by atoms with E-state index in [2.05, 4.69) is 0 Å². The molecule has 1 heterocycles. The lowest BCUT2D eigenvalue weighted by atomic mass is 10.1. The van der Waals surface area contributed by atoms with Crippen LogP contribution in [0.15, 0.2) is 61.5 Å². The van der Waals surface area contributed by atoms with Gasteiger partial charge in [0.15, 0.2) is 0 Å². The molecule has 0 aliphatic carbocycles. The summed E-state index contributed by atoms with van der Waals surface area (Å²) in [5.74, 6) is -0.413. The SMILES string of the molecule is CCCc1c(O)c(=O)oc2cc(S(=O)(=O)c3ccc(C)cc3)ccc12. The summed E-state index contributed by atoms with van der Waals surface area (Å²) in [5, 5.41) is 10.5. The van der Waals surface area contributed by atoms with Gasteiger partial charge in [0.25, 0.3) is 0 Å². The van der Waals surface area contributed by atoms with Gasteiger partial charge < -0.3 is 9.52 Å². The lowest BCUT2D eigenvalue weighted by molar-refractivity contribution is 0.421. The number of benzene rings is 2. The van der Waals surface area contributed by atoms with Crippen molar-refractivity contribution in [2.45, 2.75) is 36.5 Å². The van der Waals surface area contributed by atoms with Gasteiger partial charge in [0.05, 0.1) is 9.79 Å². The highest BCUT2D eigenvalue weighted by Gasteiger charge is 2.20. The zero-order valence-corrected chi connectivity index (χ0v) is 14.8. The van der Waals surface area contributed by atoms with E-state index in [1.54, 1.807) is 30.3 Å². The third-order valence-corrected chi connectivity index (χ3v) is 5.87. The highest BCUT2D eigenvalue weighted by Crippen LogP contribution is 2.29. The number of aryl methyl sites for hydroxylation is 2. The van der Waals surface area contributed by atoms with Crippen LogP contribution in [0, 0.1) is 6.92 Å². The molecule has 5 nitrogen and oxygen atoms in total. The van der Waals surface area contributed by atoms with Crippen LogP contribution in [-0.2, 0) is 16.3 Å². The van der Waals surface area contributed by atoms with Crippen LogP contribution in [0.25, 0.3) is 11.0 Å². The van der Waals surface area contributed by atoms with E-state index in [1.165, 1.54) is 12.1 Å². The molecule has 25 heavy (non-hydrogen) atoms. The van der Waals surface area contributed by atoms with Gasteiger partial charge in [0, 0.05) is 17.0 Å². The van der Waals surface area contributed by atoms with Crippen LogP contribution in [0.1, 0.15) is 24.5 Å². The Bertz CT molecular complexity index is 1090. The lowest BCUT2D eigenvalue weighted by Crippen LogP contribution is -2.05. The number of sulfone groups is 1. The summed E-state index contributed by atoms with van der Waals surface area (Å²) < 4.78 is 30.7. The maximum Gasteiger partial charge on any atom is 0.379 e. The highest BCUT2D eigenvalue weighted by atomic mass is 32.2. The predicted octanol–water partition coefficient (Wildman–Crippen LogP) is 3.59. The number of hydrogen-bond donors (Lipinski definition) is 1. The minimum Gasteiger partial charge on any atom is -0.502 e. The van der Waals surface area contributed by atoms with E-state index in [4.69, 9.17) is 4.42 Å². The molecule has 130 valence electrons. The van der Waals surface area contributed by atoms with Crippen molar-refractivity contribution < 1.29 is 17.9 Å². The predicted molar refractivity (Wildman–Crippen MR) is 94.8 cm³/mol. The van der Waals surface area contributed by atoms with Crippen LogP contribution in [0.2, 0.25) is 0 Å². The molecule has 0 saturated carbocycles. The van der Waals surface area contributed by atoms with Gasteiger partial charge >= 0.3 is 5.63 Å². The van der Waals surface area contributed by atoms with E-state index in [9.17, 15) is 18.3 Å². The van der Waals surface area contributed by atoms with Crippen LogP contribution in [-0.4, -0.2) is 13.5 Å². The standard InChI is InChI=1S/C19H18O5S/c1-3-4-16-15-10-9-14(11-17(15)24-19(21)18(16)20)25(22,23)13-7-5-12(2)6-8-13/h5-11,20H,3-4H2,1-2H3. The third-order valence-electron chi connectivity index (χ3n) is 4.10. The van der Waals surface area contributed by atoms with Crippen molar-refractivity contribution in [3.05, 3.63) is 64.0 Å². The quantitative estimate of drug-likeness (QED) is 0.721. The second-order valence-electron chi connectivity index (χ2n) is 5.94. The van der Waals surface area contributed by atoms with E-state index in [0.717, 1.165) is 12.0 Å². The summed E-state index contributed by atoms with van der Waals surface area (Å²) in [6.07, 6.45) is 1.23.